The molecule has 58 valence electrons. The second-order valence-corrected chi connectivity index (χ2v) is 1.74. The van der Waals surface area contributed by atoms with Crippen molar-refractivity contribution < 1.29 is 76.5 Å². The van der Waals surface area contributed by atoms with Crippen molar-refractivity contribution in [1.29, 1.82) is 0 Å². The van der Waals surface area contributed by atoms with Crippen LogP contribution in [0.15, 0.2) is 0 Å². The molecule has 0 aromatic carbocycles. The van der Waals surface area contributed by atoms with Gasteiger partial charge < -0.3 is 14.2 Å². The van der Waals surface area contributed by atoms with E-state index in [1.54, 1.807) is 0 Å². The van der Waals surface area contributed by atoms with Crippen molar-refractivity contribution >= 4 is 16.4 Å². The quantitative estimate of drug-likeness (QED) is 0.262. The minimum absolute atomic E-state index is 0. The van der Waals surface area contributed by atoms with E-state index in [2.05, 4.69) is 0 Å². The summed E-state index contributed by atoms with van der Waals surface area (Å²) in [6.07, 6.45) is 0. The first-order chi connectivity index (χ1) is 3.73. The Morgan fingerprint density at radius 3 is 1.36 bits per heavy atom. The summed E-state index contributed by atoms with van der Waals surface area (Å²) in [4.78, 5) is 9.00. The molecule has 6 nitrogen and oxygen atoms in total. The van der Waals surface area contributed by atoms with Gasteiger partial charge in [-0.3, -0.25) is 13.2 Å². The van der Waals surface area contributed by atoms with Crippen LogP contribution >= 0.6 is 0 Å². The van der Waals surface area contributed by atoms with Gasteiger partial charge in [0.05, 0.1) is 0 Å². The summed E-state index contributed by atoms with van der Waals surface area (Å²) in [5.41, 5.74) is 0. The second-order valence-electron chi connectivity index (χ2n) is 0.927. The van der Waals surface area contributed by atoms with Gasteiger partial charge in [-0.2, -0.15) is 0 Å². The predicted octanol–water partition coefficient (Wildman–Crippen LogP) is -4.25. The maximum atomic E-state index is 9.00. The molecule has 0 fully saturated rings. The topological polar surface area (TPSA) is 118 Å². The molecule has 0 unspecified atom stereocenters. The maximum Gasteiger partial charge on any atom is 1.00 e. The van der Waals surface area contributed by atoms with Gasteiger partial charge >= 0.3 is 29.6 Å². The molecule has 0 saturated heterocycles. The average molecular weight is 244 g/mol. The van der Waals surface area contributed by atoms with Crippen LogP contribution in [0.5, 0.6) is 0 Å². The number of aliphatic carboxylic acids is 1. The molecule has 0 atom stereocenters. The van der Waals surface area contributed by atoms with Crippen LogP contribution in [0.2, 0.25) is 0 Å². The van der Waals surface area contributed by atoms with Crippen LogP contribution in [-0.2, 0) is 34.7 Å². The van der Waals surface area contributed by atoms with E-state index in [4.69, 9.17) is 27.4 Å². The number of rotatable bonds is 0. The van der Waals surface area contributed by atoms with Crippen molar-refractivity contribution in [1.82, 2.24) is 0 Å². The van der Waals surface area contributed by atoms with Gasteiger partial charge in [0.2, 0.25) is 0 Å². The fraction of sp³-hybridized carbons (Fsp3) is 0.500. The number of carboxylic acids is 1. The minimum atomic E-state index is -5.17. The van der Waals surface area contributed by atoms with E-state index < -0.39 is 16.4 Å². The molecule has 0 aliphatic rings. The van der Waals surface area contributed by atoms with Crippen LogP contribution in [-0.4, -0.2) is 28.6 Å². The third kappa shape index (κ3) is 949. The van der Waals surface area contributed by atoms with Gasteiger partial charge in [-0.05, 0) is 0 Å². The van der Waals surface area contributed by atoms with Crippen LogP contribution in [0, 0.1) is 0 Å². The minimum Gasteiger partial charge on any atom is -0.759 e. The van der Waals surface area contributed by atoms with Gasteiger partial charge in [-0.25, -0.2) is 0 Å². The van der Waals surface area contributed by atoms with E-state index in [1.807, 2.05) is 0 Å². The molecule has 0 aromatic heterocycles. The van der Waals surface area contributed by atoms with Crippen LogP contribution in [0.25, 0.3) is 0 Å². The Labute approximate surface area is 99.0 Å². The van der Waals surface area contributed by atoms with Gasteiger partial charge in [0.15, 0.2) is 0 Å². The molecular formula is C2H4NaO6SZn-. The van der Waals surface area contributed by atoms with Gasteiger partial charge in [-0.15, -0.1) is 0 Å². The van der Waals surface area contributed by atoms with Crippen molar-refractivity contribution in [3.05, 3.63) is 0 Å². The maximum absolute atomic E-state index is 9.00. The Kier molecular flexibility index (Phi) is 22.6. The molecule has 0 heterocycles. The molecule has 0 bridgehead atoms. The first kappa shape index (κ1) is 22.7. The zero-order chi connectivity index (χ0) is 8.08. The molecule has 11 heavy (non-hydrogen) atoms. The zero-order valence-electron chi connectivity index (χ0n) is 6.10. The molecule has 0 spiro atoms. The average Bonchev–Trinajstić information content (AvgIpc) is 1.19. The molecular weight excluding hydrogens is 240 g/mol. The molecule has 9 heteroatoms. The van der Waals surface area contributed by atoms with Gasteiger partial charge in [0.1, 0.15) is 0 Å². The monoisotopic (exact) mass is 243 g/mol. The Balaban J connectivity index is -0.0000000383. The summed E-state index contributed by atoms with van der Waals surface area (Å²) < 4.78 is 34.1. The SMILES string of the molecule is CC(=O)O.O=S(=O)([O-])[O-].[Na+].[Zn]. The van der Waals surface area contributed by atoms with Crippen molar-refractivity contribution in [2.45, 2.75) is 6.92 Å². The van der Waals surface area contributed by atoms with E-state index in [1.165, 1.54) is 0 Å². The predicted molar refractivity (Wildman–Crippen MR) is 23.8 cm³/mol. The molecule has 0 radical (unpaired) electrons. The molecule has 0 aromatic rings. The standard InChI is InChI=1S/C2H4O2.Na.H2O4S.Zn/c1-2(3)4;;1-5(2,3)4;/h1H3,(H,3,4);;(H2,1,2,3,4);/q;+1;;/p-2. The Morgan fingerprint density at radius 2 is 1.36 bits per heavy atom. The van der Waals surface area contributed by atoms with Gasteiger partial charge in [0, 0.05) is 36.8 Å². The van der Waals surface area contributed by atoms with Crippen LogP contribution < -0.4 is 29.6 Å². The van der Waals surface area contributed by atoms with Crippen molar-refractivity contribution in [3.63, 3.8) is 0 Å². The second kappa shape index (κ2) is 11.0. The molecule has 1 N–H and O–H groups in total. The summed E-state index contributed by atoms with van der Waals surface area (Å²) in [5.74, 6) is -0.833. The van der Waals surface area contributed by atoms with E-state index in [0.29, 0.717) is 0 Å². The third-order valence-corrected chi connectivity index (χ3v) is 0. The Bertz CT molecular complexity index is 163. The Morgan fingerprint density at radius 1 is 1.36 bits per heavy atom. The summed E-state index contributed by atoms with van der Waals surface area (Å²) in [6.45, 7) is 1.08. The number of carbonyl (C=O) groups is 1. The normalized spacial score (nSPS) is 7.55. The summed E-state index contributed by atoms with van der Waals surface area (Å²) in [6, 6.07) is 0. The van der Waals surface area contributed by atoms with Crippen molar-refractivity contribution in [2.24, 2.45) is 0 Å². The van der Waals surface area contributed by atoms with Crippen LogP contribution in [0.3, 0.4) is 0 Å². The molecule has 0 saturated carbocycles. The first-order valence-corrected chi connectivity index (χ1v) is 2.93. The molecule has 0 rings (SSSR count). The fourth-order valence-electron chi connectivity index (χ4n) is 0. The molecule has 0 aliphatic heterocycles. The number of carboxylic acid groups (broad SMARTS) is 1. The van der Waals surface area contributed by atoms with E-state index >= 15 is 0 Å². The zero-order valence-corrected chi connectivity index (χ0v) is 11.9. The third-order valence-electron chi connectivity index (χ3n) is 0. The summed E-state index contributed by atoms with van der Waals surface area (Å²) in [5, 5.41) is 7.42. The smallest absolute Gasteiger partial charge is 0.759 e. The fourth-order valence-corrected chi connectivity index (χ4v) is 0. The number of hydrogen-bond acceptors (Lipinski definition) is 5. The van der Waals surface area contributed by atoms with E-state index in [-0.39, 0.29) is 49.0 Å². The van der Waals surface area contributed by atoms with E-state index in [0.717, 1.165) is 6.92 Å². The van der Waals surface area contributed by atoms with Crippen LogP contribution in [0.4, 0.5) is 0 Å². The van der Waals surface area contributed by atoms with Crippen molar-refractivity contribution in [2.75, 3.05) is 0 Å². The number of hydrogen-bond donors (Lipinski definition) is 1. The summed E-state index contributed by atoms with van der Waals surface area (Å²) >= 11 is 0. The van der Waals surface area contributed by atoms with E-state index in [9.17, 15) is 0 Å². The summed E-state index contributed by atoms with van der Waals surface area (Å²) in [7, 11) is -5.17. The van der Waals surface area contributed by atoms with Crippen molar-refractivity contribution in [3.8, 4) is 0 Å². The van der Waals surface area contributed by atoms with Gasteiger partial charge in [0.25, 0.3) is 5.97 Å². The molecule has 0 amide bonds. The first-order valence-electron chi connectivity index (χ1n) is 1.59. The molecule has 0 aliphatic carbocycles. The Hall–Kier alpha value is 0.963. The van der Waals surface area contributed by atoms with Crippen LogP contribution in [0.1, 0.15) is 6.92 Å². The van der Waals surface area contributed by atoms with Gasteiger partial charge in [-0.1, -0.05) is 0 Å². The largest absolute Gasteiger partial charge is 1.00 e.